The largest absolute Gasteiger partial charge is 0.494 e. The predicted molar refractivity (Wildman–Crippen MR) is 172 cm³/mol. The topological polar surface area (TPSA) is 112 Å². The standard InChI is InChI=1S/C35H48N4O7/c1-3-34-14-8-18-38(26-10-12-27(13-11-26)45-4-2)31(41)28(34)29-32(42)39(17-6-5-7-23-40)30-33(43)37(16-9-15-35(29,30)46-34)20-19-36-21-24-44-25-22-36/h8-15,28-30,40H,3-7,16-25H2,1-2H3/t28-,29-,30?,34+,35-/m0/s1. The number of hydrogen-bond acceptors (Lipinski definition) is 8. The summed E-state index contributed by atoms with van der Waals surface area (Å²) in [5.41, 5.74) is -1.59. The molecule has 11 nitrogen and oxygen atoms in total. The number of amides is 3. The van der Waals surface area contributed by atoms with E-state index in [4.69, 9.17) is 14.2 Å². The van der Waals surface area contributed by atoms with Gasteiger partial charge in [-0.2, -0.15) is 0 Å². The number of ether oxygens (including phenoxy) is 3. The van der Waals surface area contributed by atoms with Gasteiger partial charge in [0.25, 0.3) is 0 Å². The number of fused-ring (bicyclic) bond motifs is 2. The first-order valence-corrected chi connectivity index (χ1v) is 17.0. The number of likely N-dealkylation sites (tertiary alicyclic amines) is 1. The van der Waals surface area contributed by atoms with Crippen LogP contribution in [0.4, 0.5) is 5.69 Å². The average Bonchev–Trinajstić information content (AvgIpc) is 3.36. The second kappa shape index (κ2) is 13.9. The van der Waals surface area contributed by atoms with E-state index in [0.29, 0.717) is 65.3 Å². The fourth-order valence-corrected chi connectivity index (χ4v) is 8.03. The number of morpholine rings is 1. The fourth-order valence-electron chi connectivity index (χ4n) is 8.03. The van der Waals surface area contributed by atoms with Gasteiger partial charge in [-0.15, -0.1) is 0 Å². The molecule has 5 heterocycles. The molecular weight excluding hydrogens is 588 g/mol. The molecule has 0 aromatic heterocycles. The number of rotatable bonds is 12. The molecule has 1 N–H and O–H groups in total. The van der Waals surface area contributed by atoms with Crippen molar-refractivity contribution in [3.8, 4) is 5.75 Å². The van der Waals surface area contributed by atoms with E-state index in [2.05, 4.69) is 4.90 Å². The van der Waals surface area contributed by atoms with Crippen molar-refractivity contribution in [2.45, 2.75) is 56.8 Å². The normalized spacial score (nSPS) is 31.2. The number of benzene rings is 1. The molecule has 0 aliphatic carbocycles. The van der Waals surface area contributed by atoms with Crippen molar-refractivity contribution in [3.05, 3.63) is 48.6 Å². The summed E-state index contributed by atoms with van der Waals surface area (Å²) in [4.78, 5) is 51.5. The van der Waals surface area contributed by atoms with E-state index in [1.807, 2.05) is 67.3 Å². The van der Waals surface area contributed by atoms with Gasteiger partial charge in [-0.1, -0.05) is 31.2 Å². The van der Waals surface area contributed by atoms with Crippen LogP contribution in [0, 0.1) is 11.8 Å². The third-order valence-corrected chi connectivity index (χ3v) is 10.3. The number of aliphatic hydroxyl groups excluding tert-OH is 1. The SMILES string of the molecule is CCOc1ccc(N2CC=C[C@@]3(CC)O[C@]45C=CCN(CCN6CCOCC6)C(=O)C4N(CCCCCO)C(=O)[C@@H]5[C@H]3C2=O)cc1. The Bertz CT molecular complexity index is 1330. The van der Waals surface area contributed by atoms with Crippen molar-refractivity contribution in [2.75, 3.05) is 77.1 Å². The molecule has 46 heavy (non-hydrogen) atoms. The molecule has 3 amide bonds. The molecule has 5 atom stereocenters. The molecule has 1 spiro atoms. The van der Waals surface area contributed by atoms with Crippen LogP contribution in [-0.2, 0) is 23.9 Å². The van der Waals surface area contributed by atoms with Crippen LogP contribution in [0.3, 0.4) is 0 Å². The number of nitrogens with zero attached hydrogens (tertiary/aromatic N) is 4. The smallest absolute Gasteiger partial charge is 0.249 e. The lowest BCUT2D eigenvalue weighted by Crippen LogP contribution is -2.57. The van der Waals surface area contributed by atoms with E-state index >= 15 is 0 Å². The quantitative estimate of drug-likeness (QED) is 0.275. The van der Waals surface area contributed by atoms with Crippen molar-refractivity contribution >= 4 is 23.4 Å². The van der Waals surface area contributed by atoms with E-state index in [0.717, 1.165) is 37.5 Å². The molecule has 1 aromatic rings. The Morgan fingerprint density at radius 1 is 0.870 bits per heavy atom. The molecule has 1 unspecified atom stereocenters. The molecule has 11 heteroatoms. The number of carbonyl (C=O) groups is 3. The van der Waals surface area contributed by atoms with Gasteiger partial charge in [0, 0.05) is 58.1 Å². The molecule has 3 fully saturated rings. The molecule has 5 aliphatic heterocycles. The first-order valence-electron chi connectivity index (χ1n) is 17.0. The minimum atomic E-state index is -1.28. The predicted octanol–water partition coefficient (Wildman–Crippen LogP) is 2.24. The van der Waals surface area contributed by atoms with Gasteiger partial charge in [0.1, 0.15) is 17.4 Å². The van der Waals surface area contributed by atoms with Crippen LogP contribution in [0.25, 0.3) is 0 Å². The molecule has 0 saturated carbocycles. The van der Waals surface area contributed by atoms with Crippen LogP contribution in [-0.4, -0.2) is 127 Å². The Morgan fingerprint density at radius 3 is 2.35 bits per heavy atom. The van der Waals surface area contributed by atoms with E-state index in [1.54, 1.807) is 9.80 Å². The third kappa shape index (κ3) is 5.76. The van der Waals surface area contributed by atoms with Crippen LogP contribution in [0.1, 0.15) is 39.5 Å². The van der Waals surface area contributed by atoms with Crippen molar-refractivity contribution in [1.29, 1.82) is 0 Å². The lowest BCUT2D eigenvalue weighted by atomic mass is 9.73. The van der Waals surface area contributed by atoms with Crippen molar-refractivity contribution in [1.82, 2.24) is 14.7 Å². The average molecular weight is 637 g/mol. The van der Waals surface area contributed by atoms with Crippen molar-refractivity contribution < 1.29 is 33.7 Å². The van der Waals surface area contributed by atoms with Gasteiger partial charge in [0.2, 0.25) is 17.7 Å². The summed E-state index contributed by atoms with van der Waals surface area (Å²) in [6.45, 7) is 9.91. The summed E-state index contributed by atoms with van der Waals surface area (Å²) < 4.78 is 18.2. The van der Waals surface area contributed by atoms with Gasteiger partial charge in [0.05, 0.1) is 37.3 Å². The summed E-state index contributed by atoms with van der Waals surface area (Å²) in [7, 11) is 0. The van der Waals surface area contributed by atoms with Crippen LogP contribution in [0.5, 0.6) is 5.75 Å². The highest BCUT2D eigenvalue weighted by molar-refractivity contribution is 6.04. The Labute approximate surface area is 271 Å². The van der Waals surface area contributed by atoms with Crippen LogP contribution >= 0.6 is 0 Å². The van der Waals surface area contributed by atoms with Gasteiger partial charge in [-0.3, -0.25) is 19.3 Å². The number of unbranched alkanes of at least 4 members (excludes halogenated alkanes) is 2. The fraction of sp³-hybridized carbons (Fsp3) is 0.629. The van der Waals surface area contributed by atoms with E-state index in [-0.39, 0.29) is 24.3 Å². The molecule has 0 bridgehead atoms. The Balaban J connectivity index is 1.35. The third-order valence-electron chi connectivity index (χ3n) is 10.3. The zero-order valence-corrected chi connectivity index (χ0v) is 27.1. The van der Waals surface area contributed by atoms with Gasteiger partial charge in [-0.05, 0) is 56.9 Å². The maximum atomic E-state index is 14.7. The molecule has 5 aliphatic rings. The summed E-state index contributed by atoms with van der Waals surface area (Å²) in [6, 6.07) is 6.57. The van der Waals surface area contributed by atoms with Crippen LogP contribution < -0.4 is 9.64 Å². The van der Waals surface area contributed by atoms with Crippen LogP contribution in [0.2, 0.25) is 0 Å². The molecular formula is C35H48N4O7. The van der Waals surface area contributed by atoms with Crippen molar-refractivity contribution in [3.63, 3.8) is 0 Å². The minimum Gasteiger partial charge on any atom is -0.494 e. The highest BCUT2D eigenvalue weighted by Crippen LogP contribution is 2.58. The molecule has 3 saturated heterocycles. The molecule has 0 radical (unpaired) electrons. The van der Waals surface area contributed by atoms with Gasteiger partial charge in [-0.25, -0.2) is 0 Å². The lowest BCUT2D eigenvalue weighted by molar-refractivity contribution is -0.152. The first-order chi connectivity index (χ1) is 22.4. The molecule has 1 aromatic carbocycles. The summed E-state index contributed by atoms with van der Waals surface area (Å²) in [5.74, 6) is -1.47. The molecule has 250 valence electrons. The highest BCUT2D eigenvalue weighted by atomic mass is 16.5. The Morgan fingerprint density at radius 2 is 1.63 bits per heavy atom. The van der Waals surface area contributed by atoms with E-state index in [9.17, 15) is 19.5 Å². The second-order valence-corrected chi connectivity index (χ2v) is 12.9. The monoisotopic (exact) mass is 636 g/mol. The van der Waals surface area contributed by atoms with E-state index < -0.39 is 29.1 Å². The van der Waals surface area contributed by atoms with Gasteiger partial charge in [0.15, 0.2) is 0 Å². The number of aliphatic hydroxyl groups is 1. The highest BCUT2D eigenvalue weighted by Gasteiger charge is 2.75. The zero-order valence-electron chi connectivity index (χ0n) is 27.1. The van der Waals surface area contributed by atoms with E-state index in [1.165, 1.54) is 0 Å². The van der Waals surface area contributed by atoms with Crippen molar-refractivity contribution in [2.24, 2.45) is 11.8 Å². The maximum absolute atomic E-state index is 14.7. The number of anilines is 1. The lowest BCUT2D eigenvalue weighted by Gasteiger charge is -2.39. The van der Waals surface area contributed by atoms with Gasteiger partial charge < -0.3 is 34.0 Å². The summed E-state index contributed by atoms with van der Waals surface area (Å²) in [5, 5.41) is 9.37. The second-order valence-electron chi connectivity index (χ2n) is 12.9. The summed E-state index contributed by atoms with van der Waals surface area (Å²) >= 11 is 0. The molecule has 6 rings (SSSR count). The maximum Gasteiger partial charge on any atom is 0.249 e. The summed E-state index contributed by atoms with van der Waals surface area (Å²) in [6.07, 6.45) is 10.3. The number of carbonyl (C=O) groups excluding carboxylic acids is 3. The Kier molecular flexibility index (Phi) is 9.84. The first kappa shape index (κ1) is 32.7. The number of hydrogen-bond donors (Lipinski definition) is 1. The zero-order chi connectivity index (χ0) is 32.3. The van der Waals surface area contributed by atoms with Gasteiger partial charge >= 0.3 is 0 Å². The minimum absolute atomic E-state index is 0.0767. The van der Waals surface area contributed by atoms with Crippen LogP contribution in [0.15, 0.2) is 48.6 Å². The Hall–Kier alpha value is -3.25.